The molecule has 4 heteroatoms. The molecule has 0 bridgehead atoms. The average molecular weight is 741 g/mol. The van der Waals surface area contributed by atoms with Gasteiger partial charge in [-0.1, -0.05) is 163 Å². The van der Waals surface area contributed by atoms with E-state index in [1.807, 2.05) is 158 Å². The minimum Gasteiger partial charge on any atom is -0.282 e. The van der Waals surface area contributed by atoms with Gasteiger partial charge >= 0.3 is 0 Å². The summed E-state index contributed by atoms with van der Waals surface area (Å²) in [5.74, 6) is 0. The van der Waals surface area contributed by atoms with Crippen LogP contribution in [0.5, 0.6) is 0 Å². The summed E-state index contributed by atoms with van der Waals surface area (Å²) in [6, 6.07) is 11.5. The highest BCUT2D eigenvalue weighted by Gasteiger charge is 2.13. The van der Waals surface area contributed by atoms with Gasteiger partial charge < -0.3 is 0 Å². The summed E-state index contributed by atoms with van der Waals surface area (Å²) in [6.45, 7) is 65.8. The van der Waals surface area contributed by atoms with Crippen LogP contribution in [0.4, 0.5) is 0 Å². The van der Waals surface area contributed by atoms with Crippen LogP contribution in [0.1, 0.15) is 180 Å². The smallest absolute Gasteiger partial charge is 0.282 e. The highest BCUT2D eigenvalue weighted by Crippen LogP contribution is 2.17. The van der Waals surface area contributed by atoms with Gasteiger partial charge in [0.15, 0.2) is 0 Å². The van der Waals surface area contributed by atoms with Crippen molar-refractivity contribution in [2.24, 2.45) is 0 Å². The van der Waals surface area contributed by atoms with Gasteiger partial charge in [0.2, 0.25) is 0 Å². The van der Waals surface area contributed by atoms with Crippen molar-refractivity contribution in [3.63, 3.8) is 0 Å². The molecular weight excluding hydrogens is 645 g/mol. The predicted octanol–water partition coefficient (Wildman–Crippen LogP) is 17.5. The van der Waals surface area contributed by atoms with E-state index in [9.17, 15) is 8.42 Å². The number of allylic oxidation sites excluding steroid dienone is 4. The van der Waals surface area contributed by atoms with Crippen LogP contribution in [-0.4, -0.2) is 13.0 Å². The monoisotopic (exact) mass is 741 g/mol. The molecule has 0 fully saturated rings. The van der Waals surface area contributed by atoms with Gasteiger partial charge in [0, 0.05) is 0 Å². The zero-order valence-corrected chi connectivity index (χ0v) is 40.6. The number of aryl methyl sites for hydroxylation is 5. The molecule has 0 aliphatic heterocycles. The molecule has 0 amide bonds. The van der Waals surface area contributed by atoms with Crippen molar-refractivity contribution in [2.75, 3.05) is 0 Å². The summed E-state index contributed by atoms with van der Waals surface area (Å²) >= 11 is 0. The Labute approximate surface area is 326 Å². The van der Waals surface area contributed by atoms with E-state index >= 15 is 0 Å². The summed E-state index contributed by atoms with van der Waals surface area (Å²) in [5.41, 5.74) is 9.08. The zero-order valence-electron chi connectivity index (χ0n) is 39.7. The second-order valence-electron chi connectivity index (χ2n) is 9.56. The van der Waals surface area contributed by atoms with Crippen molar-refractivity contribution in [2.45, 2.75) is 191 Å². The number of hydrogen-bond donors (Lipinski definition) is 1. The summed E-state index contributed by atoms with van der Waals surface area (Å²) in [7, 11) is -4.07. The Balaban J connectivity index is -0.0000000414. The lowest BCUT2D eigenvalue weighted by Gasteiger charge is -2.05. The molecule has 308 valence electrons. The van der Waals surface area contributed by atoms with Crippen LogP contribution in [0.25, 0.3) is 0 Å². The summed E-state index contributed by atoms with van der Waals surface area (Å²) in [4.78, 5) is 0.0231. The third-order valence-electron chi connectivity index (χ3n) is 3.54. The third kappa shape index (κ3) is 99.1. The highest BCUT2D eigenvalue weighted by atomic mass is 32.2. The van der Waals surface area contributed by atoms with E-state index in [4.69, 9.17) is 4.55 Å². The minimum absolute atomic E-state index is 0.0231. The molecule has 0 aliphatic carbocycles. The lowest BCUT2D eigenvalue weighted by molar-refractivity contribution is 0.482. The van der Waals surface area contributed by atoms with Gasteiger partial charge in [-0.3, -0.25) is 4.55 Å². The summed E-state index contributed by atoms with van der Waals surface area (Å²) in [6.07, 6.45) is 2.34. The second kappa shape index (κ2) is 69.1. The van der Waals surface area contributed by atoms with E-state index in [0.717, 1.165) is 5.56 Å². The first-order valence-corrected chi connectivity index (χ1v) is 20.7. The van der Waals surface area contributed by atoms with E-state index < -0.39 is 10.1 Å². The van der Waals surface area contributed by atoms with Gasteiger partial charge in [0.25, 0.3) is 10.1 Å². The molecule has 0 heterocycles. The number of benzene rings is 2. The third-order valence-corrected chi connectivity index (χ3v) is 4.48. The van der Waals surface area contributed by atoms with Crippen molar-refractivity contribution < 1.29 is 13.0 Å². The van der Waals surface area contributed by atoms with Gasteiger partial charge in [-0.05, 0) is 111 Å². The Morgan fingerprint density at radius 2 is 0.804 bits per heavy atom. The Morgan fingerprint density at radius 1 is 0.569 bits per heavy atom. The fraction of sp³-hybridized carbons (Fsp3) is 0.574. The van der Waals surface area contributed by atoms with Gasteiger partial charge in [-0.25, -0.2) is 0 Å². The maximum atomic E-state index is 10.9. The largest absolute Gasteiger partial charge is 0.294 e. The molecule has 0 atom stereocenters. The molecule has 1 N–H and O–H groups in total. The molecule has 2 aromatic carbocycles. The van der Waals surface area contributed by atoms with E-state index in [1.54, 1.807) is 19.1 Å². The summed E-state index contributed by atoms with van der Waals surface area (Å²) in [5, 5.41) is 0. The van der Waals surface area contributed by atoms with Crippen LogP contribution in [0.15, 0.2) is 90.4 Å². The molecular formula is C47H96O3S. The fourth-order valence-electron chi connectivity index (χ4n) is 2.09. The first-order chi connectivity index (χ1) is 23.8. The van der Waals surface area contributed by atoms with E-state index in [-0.39, 0.29) is 4.90 Å². The van der Waals surface area contributed by atoms with Gasteiger partial charge in [-0.15, -0.1) is 26.3 Å². The maximum absolute atomic E-state index is 10.9. The van der Waals surface area contributed by atoms with Crippen LogP contribution in [0.3, 0.4) is 0 Å². The maximum Gasteiger partial charge on any atom is 0.294 e. The zero-order chi connectivity index (χ0) is 44.4. The molecule has 0 unspecified atom stereocenters. The average Bonchev–Trinajstić information content (AvgIpc) is 3.09. The standard InChI is InChI=1S/C9H12O3S.C9H12.3C4H8.C3H6.7C2H6/c1-3-8-5-4-7(2)6-9(8)13(10,11)12;1-7-4-5-8(2)9(3)6-7;3*1-4(2)3;1-3-2;7*1-2/h4-6H,3H2,1-2H3,(H,10,11,12);4-6H,1-3H3;3*1H2,2-3H3;3H,1H2,2H3;7*1-2H3. The topological polar surface area (TPSA) is 54.4 Å². The molecule has 0 spiro atoms. The van der Waals surface area contributed by atoms with E-state index in [2.05, 4.69) is 65.3 Å². The Hall–Kier alpha value is -2.69. The van der Waals surface area contributed by atoms with E-state index in [1.165, 1.54) is 39.5 Å². The van der Waals surface area contributed by atoms with Crippen LogP contribution in [-0.2, 0) is 16.5 Å². The van der Waals surface area contributed by atoms with Crippen LogP contribution in [0, 0.1) is 27.7 Å². The lowest BCUT2D eigenvalue weighted by atomic mass is 10.1. The van der Waals surface area contributed by atoms with Crippen molar-refractivity contribution in [3.05, 3.63) is 113 Å². The summed E-state index contributed by atoms with van der Waals surface area (Å²) < 4.78 is 30.7. The van der Waals surface area contributed by atoms with Crippen molar-refractivity contribution in [3.8, 4) is 0 Å². The molecule has 0 saturated carbocycles. The van der Waals surface area contributed by atoms with Gasteiger partial charge in [0.1, 0.15) is 0 Å². The quantitative estimate of drug-likeness (QED) is 0.246. The van der Waals surface area contributed by atoms with Crippen LogP contribution >= 0.6 is 0 Å². The van der Waals surface area contributed by atoms with Gasteiger partial charge in [-0.2, -0.15) is 8.42 Å². The SMILES string of the molecule is C=C(C)C.C=C(C)C.C=C(C)C.C=CC.CC.CC.CC.CC.CC.CC.CC.CCc1ccc(C)cc1S(=O)(=O)O.Cc1ccc(C)c(C)c1. The number of hydrogen-bond acceptors (Lipinski definition) is 2. The van der Waals surface area contributed by atoms with Crippen molar-refractivity contribution in [1.29, 1.82) is 0 Å². The van der Waals surface area contributed by atoms with Gasteiger partial charge in [0.05, 0.1) is 4.90 Å². The fourth-order valence-corrected chi connectivity index (χ4v) is 2.96. The molecule has 2 aromatic rings. The first-order valence-electron chi connectivity index (χ1n) is 19.3. The van der Waals surface area contributed by atoms with Crippen molar-refractivity contribution in [1.82, 2.24) is 0 Å². The Morgan fingerprint density at radius 3 is 1.00 bits per heavy atom. The lowest BCUT2D eigenvalue weighted by Crippen LogP contribution is -2.02. The normalized spacial score (nSPS) is 7.27. The molecule has 2 rings (SSSR count). The molecule has 3 nitrogen and oxygen atoms in total. The minimum atomic E-state index is -4.07. The van der Waals surface area contributed by atoms with Crippen LogP contribution in [0.2, 0.25) is 0 Å². The first kappa shape index (κ1) is 77.7. The molecule has 0 saturated heterocycles. The van der Waals surface area contributed by atoms with E-state index in [0.29, 0.717) is 12.0 Å². The Bertz CT molecular complexity index is 1020. The van der Waals surface area contributed by atoms with Crippen molar-refractivity contribution >= 4 is 10.1 Å². The highest BCUT2D eigenvalue weighted by molar-refractivity contribution is 7.85. The molecule has 0 aromatic heterocycles. The second-order valence-corrected chi connectivity index (χ2v) is 10.9. The molecule has 0 aliphatic rings. The Kier molecular flexibility index (Phi) is 105. The molecule has 51 heavy (non-hydrogen) atoms. The number of rotatable bonds is 2. The predicted molar refractivity (Wildman–Crippen MR) is 248 cm³/mol. The van der Waals surface area contributed by atoms with Crippen LogP contribution < -0.4 is 0 Å². The molecule has 0 radical (unpaired) electrons.